The lowest BCUT2D eigenvalue weighted by Crippen LogP contribution is -2.65. The third kappa shape index (κ3) is 10.2. The number of hydrogen-bond acceptors (Lipinski definition) is 5. The van der Waals surface area contributed by atoms with Gasteiger partial charge in [-0.25, -0.2) is 4.79 Å². The minimum Gasteiger partial charge on any atom is -0.542 e. The minimum atomic E-state index is -5.19. The van der Waals surface area contributed by atoms with Crippen LogP contribution in [-0.2, 0) is 27.2 Å². The van der Waals surface area contributed by atoms with Gasteiger partial charge in [-0.1, -0.05) is 72.8 Å². The van der Waals surface area contributed by atoms with Crippen LogP contribution in [0.15, 0.2) is 72.8 Å². The van der Waals surface area contributed by atoms with E-state index in [1.165, 1.54) is 0 Å². The van der Waals surface area contributed by atoms with Crippen molar-refractivity contribution in [2.24, 2.45) is 5.41 Å². The summed E-state index contributed by atoms with van der Waals surface area (Å²) in [5.41, 5.74) is 5.48. The molecule has 0 unspecified atom stereocenters. The number of quaternary nitrogens is 1. The van der Waals surface area contributed by atoms with E-state index in [1.54, 1.807) is 4.90 Å². The Bertz CT molecular complexity index is 1600. The van der Waals surface area contributed by atoms with Crippen molar-refractivity contribution < 1.29 is 43.2 Å². The fourth-order valence-corrected chi connectivity index (χ4v) is 6.46. The number of likely N-dealkylation sites (tertiary alicyclic amines) is 2. The number of aliphatic carboxylic acids is 1. The number of rotatable bonds is 8. The van der Waals surface area contributed by atoms with Crippen molar-refractivity contribution in [3.8, 4) is 0 Å². The standard InChI is InChI=1S/C34H43N5O3.C2HF3O2/c1-2-36-32(41)34(23-25-9-4-3-5-10-25)17-8-18-39(24-34)31(40)30(37-33(42)38-19-15-29(35)16-20-38)22-26-13-14-27-11-6-7-12-28(27)21-26;3-2(4,5)1(6)7/h3-7,9-14,21,29-30H,2,8,15-20,22-24,35H2,1H3,(H,36,41)(H,37,42);(H,6,7)/t30-,34+;/m1./s1. The lowest BCUT2D eigenvalue weighted by Gasteiger charge is -2.43. The second kappa shape index (κ2) is 16.6. The number of alkyl halides is 3. The van der Waals surface area contributed by atoms with Crippen molar-refractivity contribution in [3.63, 3.8) is 0 Å². The third-order valence-corrected chi connectivity index (χ3v) is 9.08. The van der Waals surface area contributed by atoms with Crippen molar-refractivity contribution in [3.05, 3.63) is 83.9 Å². The number of nitrogens with zero attached hydrogens (tertiary/aromatic N) is 2. The van der Waals surface area contributed by atoms with Crippen LogP contribution in [0.4, 0.5) is 18.0 Å². The van der Waals surface area contributed by atoms with Gasteiger partial charge in [-0.05, 0) is 48.1 Å². The molecular formula is C36H44F3N5O5. The smallest absolute Gasteiger partial charge is 0.430 e. The van der Waals surface area contributed by atoms with Gasteiger partial charge >= 0.3 is 12.2 Å². The van der Waals surface area contributed by atoms with E-state index in [9.17, 15) is 27.6 Å². The molecule has 2 fully saturated rings. The Labute approximate surface area is 283 Å². The minimum absolute atomic E-state index is 0.0162. The van der Waals surface area contributed by atoms with E-state index >= 15 is 0 Å². The van der Waals surface area contributed by atoms with Crippen LogP contribution in [0, 0.1) is 5.41 Å². The molecule has 2 heterocycles. The van der Waals surface area contributed by atoms with E-state index in [0.717, 1.165) is 41.2 Å². The number of piperidine rings is 2. The average molecular weight is 684 g/mol. The number of fused-ring (bicyclic) bond motifs is 1. The van der Waals surface area contributed by atoms with E-state index in [2.05, 4.69) is 40.6 Å². The van der Waals surface area contributed by atoms with Gasteiger partial charge in [-0.2, -0.15) is 13.2 Å². The summed E-state index contributed by atoms with van der Waals surface area (Å²) in [6, 6.07) is 23.8. The number of carboxylic acids is 1. The van der Waals surface area contributed by atoms with Gasteiger partial charge in [0.2, 0.25) is 11.8 Å². The molecule has 4 amide bonds. The highest BCUT2D eigenvalue weighted by atomic mass is 19.4. The van der Waals surface area contributed by atoms with Gasteiger partial charge in [-0.3, -0.25) is 9.59 Å². The van der Waals surface area contributed by atoms with E-state index in [1.807, 2.05) is 60.4 Å². The van der Waals surface area contributed by atoms with Crippen LogP contribution >= 0.6 is 0 Å². The zero-order valence-electron chi connectivity index (χ0n) is 27.6. The molecule has 0 aliphatic carbocycles. The Kier molecular flexibility index (Phi) is 12.6. The molecule has 10 nitrogen and oxygen atoms in total. The van der Waals surface area contributed by atoms with Crippen LogP contribution < -0.4 is 21.5 Å². The summed E-state index contributed by atoms with van der Waals surface area (Å²) in [5.74, 6) is -3.16. The topological polar surface area (TPSA) is 150 Å². The van der Waals surface area contributed by atoms with Gasteiger partial charge in [-0.15, -0.1) is 0 Å². The Morgan fingerprint density at radius 3 is 2.18 bits per heavy atom. The lowest BCUT2D eigenvalue weighted by atomic mass is 9.74. The maximum atomic E-state index is 14.3. The van der Waals surface area contributed by atoms with Crippen LogP contribution in [0.2, 0.25) is 0 Å². The molecule has 13 heteroatoms. The first-order valence-corrected chi connectivity index (χ1v) is 16.6. The molecule has 0 saturated carbocycles. The van der Waals surface area contributed by atoms with Gasteiger partial charge in [0.05, 0.1) is 11.5 Å². The zero-order chi connectivity index (χ0) is 35.6. The molecular weight excluding hydrogens is 639 g/mol. The maximum absolute atomic E-state index is 14.3. The van der Waals surface area contributed by atoms with Gasteiger partial charge < -0.3 is 36.1 Å². The van der Waals surface area contributed by atoms with E-state index < -0.39 is 23.6 Å². The molecule has 3 aromatic carbocycles. The number of nitrogens with one attached hydrogen (secondary N) is 2. The summed E-state index contributed by atoms with van der Waals surface area (Å²) in [4.78, 5) is 53.7. The molecule has 2 aliphatic rings. The second-order valence-corrected chi connectivity index (χ2v) is 12.8. The highest BCUT2D eigenvalue weighted by Gasteiger charge is 2.44. The Morgan fingerprint density at radius 1 is 0.918 bits per heavy atom. The molecule has 2 aliphatic heterocycles. The number of amides is 4. The molecule has 49 heavy (non-hydrogen) atoms. The van der Waals surface area contributed by atoms with Gasteiger partial charge in [0.15, 0.2) is 0 Å². The molecule has 2 atom stereocenters. The number of benzene rings is 3. The third-order valence-electron chi connectivity index (χ3n) is 9.08. The number of halogens is 3. The van der Waals surface area contributed by atoms with Gasteiger partial charge in [0.25, 0.3) is 0 Å². The zero-order valence-corrected chi connectivity index (χ0v) is 27.6. The first kappa shape index (κ1) is 37.2. The second-order valence-electron chi connectivity index (χ2n) is 12.8. The summed E-state index contributed by atoms with van der Waals surface area (Å²) in [6.45, 7) is 4.62. The summed E-state index contributed by atoms with van der Waals surface area (Å²) in [5, 5.41) is 17.2. The highest BCUT2D eigenvalue weighted by Crippen LogP contribution is 2.35. The maximum Gasteiger partial charge on any atom is 0.430 e. The van der Waals surface area contributed by atoms with E-state index in [4.69, 9.17) is 9.90 Å². The van der Waals surface area contributed by atoms with Gasteiger partial charge in [0, 0.05) is 52.0 Å². The molecule has 0 radical (unpaired) electrons. The van der Waals surface area contributed by atoms with Crippen molar-refractivity contribution in [2.45, 2.75) is 63.7 Å². The largest absolute Gasteiger partial charge is 0.542 e. The highest BCUT2D eigenvalue weighted by molar-refractivity contribution is 5.90. The molecule has 0 bridgehead atoms. The molecule has 264 valence electrons. The number of carbonyl (C=O) groups excluding carboxylic acids is 4. The van der Waals surface area contributed by atoms with Crippen LogP contribution in [-0.4, -0.2) is 84.6 Å². The number of carbonyl (C=O) groups is 4. The first-order chi connectivity index (χ1) is 23.3. The predicted molar refractivity (Wildman–Crippen MR) is 176 cm³/mol. The molecule has 0 aromatic heterocycles. The molecule has 3 aromatic rings. The molecule has 5 rings (SSSR count). The van der Waals surface area contributed by atoms with Crippen LogP contribution in [0.3, 0.4) is 0 Å². The quantitative estimate of drug-likeness (QED) is 0.334. The SMILES string of the molecule is CCNC(=O)[C@]1(Cc2ccccc2)CCCN(C(=O)[C@@H](Cc2ccc3ccccc3c2)NC(=O)N2CCC([NH3+])CC2)C1.O=C([O-])C(F)(F)F. The van der Waals surface area contributed by atoms with Crippen molar-refractivity contribution in [1.29, 1.82) is 0 Å². The Hall–Kier alpha value is -4.65. The number of carboxylic acid groups (broad SMARTS) is 1. The summed E-state index contributed by atoms with van der Waals surface area (Å²) < 4.78 is 31.5. The monoisotopic (exact) mass is 683 g/mol. The Morgan fingerprint density at radius 2 is 1.55 bits per heavy atom. The lowest BCUT2D eigenvalue weighted by molar-refractivity contribution is -0.425. The van der Waals surface area contributed by atoms with E-state index in [-0.39, 0.29) is 17.8 Å². The van der Waals surface area contributed by atoms with Crippen LogP contribution in [0.1, 0.15) is 43.7 Å². The summed E-state index contributed by atoms with van der Waals surface area (Å²) >= 11 is 0. The molecule has 5 N–H and O–H groups in total. The molecule has 2 saturated heterocycles. The molecule has 0 spiro atoms. The average Bonchev–Trinajstić information content (AvgIpc) is 3.08. The van der Waals surface area contributed by atoms with Crippen molar-refractivity contribution in [1.82, 2.24) is 20.4 Å². The summed E-state index contributed by atoms with van der Waals surface area (Å²) in [7, 11) is 0. The number of urea groups is 1. The van der Waals surface area contributed by atoms with Crippen LogP contribution in [0.5, 0.6) is 0 Å². The van der Waals surface area contributed by atoms with Crippen LogP contribution in [0.25, 0.3) is 10.8 Å². The predicted octanol–water partition coefficient (Wildman–Crippen LogP) is 2.45. The van der Waals surface area contributed by atoms with Gasteiger partial charge in [0.1, 0.15) is 12.0 Å². The fourth-order valence-electron chi connectivity index (χ4n) is 6.46. The van der Waals surface area contributed by atoms with Crippen molar-refractivity contribution in [2.75, 3.05) is 32.7 Å². The normalized spacial score (nSPS) is 19.0. The Balaban J connectivity index is 0.000000698. The van der Waals surface area contributed by atoms with E-state index in [0.29, 0.717) is 58.0 Å². The van der Waals surface area contributed by atoms with Crippen molar-refractivity contribution >= 4 is 34.6 Å². The summed E-state index contributed by atoms with van der Waals surface area (Å²) in [6.07, 6.45) is -1.10. The number of hydrogen-bond donors (Lipinski definition) is 3. The fraction of sp³-hybridized carbons (Fsp3) is 0.444. The first-order valence-electron chi connectivity index (χ1n) is 16.6.